The molecule has 32 heavy (non-hydrogen) atoms. The Balaban J connectivity index is 1.43. The Morgan fingerprint density at radius 3 is 2.38 bits per heavy atom. The number of benzene rings is 3. The number of ether oxygens (including phenoxy) is 2. The lowest BCUT2D eigenvalue weighted by Crippen LogP contribution is -2.32. The van der Waals surface area contributed by atoms with Crippen molar-refractivity contribution in [1.82, 2.24) is 9.55 Å². The fourth-order valence-corrected chi connectivity index (χ4v) is 4.22. The second-order valence-corrected chi connectivity index (χ2v) is 8.18. The second kappa shape index (κ2) is 9.22. The average Bonchev–Trinajstić information content (AvgIpc) is 3.26. The Morgan fingerprint density at radius 1 is 0.906 bits per heavy atom. The lowest BCUT2D eigenvalue weighted by atomic mass is 10.00. The van der Waals surface area contributed by atoms with Crippen molar-refractivity contribution in [1.29, 1.82) is 0 Å². The third-order valence-electron chi connectivity index (χ3n) is 6.03. The monoisotopic (exact) mass is 429 g/mol. The maximum atomic E-state index is 9.38. The van der Waals surface area contributed by atoms with Crippen LogP contribution in [0.4, 0.5) is 0 Å². The first-order valence-electron chi connectivity index (χ1n) is 10.9. The molecule has 0 saturated carbocycles. The third-order valence-corrected chi connectivity index (χ3v) is 6.03. The SMILES string of the molecule is NCc1ccc(C2OC(Cn3cnc4ccccc43)CC(c3ccc(CO)cc3)O2)cc1. The van der Waals surface area contributed by atoms with Crippen molar-refractivity contribution in [3.8, 4) is 0 Å². The minimum Gasteiger partial charge on any atom is -0.392 e. The van der Waals surface area contributed by atoms with Crippen molar-refractivity contribution in [3.63, 3.8) is 0 Å². The minimum absolute atomic E-state index is 0.0291. The van der Waals surface area contributed by atoms with Crippen molar-refractivity contribution in [2.75, 3.05) is 0 Å². The zero-order valence-corrected chi connectivity index (χ0v) is 17.8. The molecular formula is C26H27N3O3. The zero-order chi connectivity index (χ0) is 21.9. The van der Waals surface area contributed by atoms with Crippen molar-refractivity contribution in [3.05, 3.63) is 101 Å². The van der Waals surface area contributed by atoms with Gasteiger partial charge in [0.05, 0.1) is 42.7 Å². The van der Waals surface area contributed by atoms with E-state index in [9.17, 15) is 5.11 Å². The highest BCUT2D eigenvalue weighted by Crippen LogP contribution is 2.38. The Morgan fingerprint density at radius 2 is 1.62 bits per heavy atom. The van der Waals surface area contributed by atoms with Crippen LogP contribution < -0.4 is 5.73 Å². The van der Waals surface area contributed by atoms with E-state index in [1.165, 1.54) is 0 Å². The summed E-state index contributed by atoms with van der Waals surface area (Å²) in [5, 5.41) is 9.38. The number of imidazole rings is 1. The molecule has 1 aliphatic rings. The van der Waals surface area contributed by atoms with E-state index in [4.69, 9.17) is 15.2 Å². The third kappa shape index (κ3) is 4.31. The van der Waals surface area contributed by atoms with Gasteiger partial charge in [0.2, 0.25) is 0 Å². The van der Waals surface area contributed by atoms with E-state index in [2.05, 4.69) is 15.6 Å². The van der Waals surface area contributed by atoms with E-state index in [1.54, 1.807) is 0 Å². The molecule has 1 aliphatic heterocycles. The molecule has 3 aromatic carbocycles. The number of fused-ring (bicyclic) bond motifs is 1. The zero-order valence-electron chi connectivity index (χ0n) is 17.8. The van der Waals surface area contributed by atoms with Gasteiger partial charge in [0.25, 0.3) is 0 Å². The molecule has 0 bridgehead atoms. The van der Waals surface area contributed by atoms with Gasteiger partial charge < -0.3 is 24.9 Å². The highest BCUT2D eigenvalue weighted by molar-refractivity contribution is 5.74. The van der Waals surface area contributed by atoms with Gasteiger partial charge in [-0.15, -0.1) is 0 Å². The number of hydrogen-bond acceptors (Lipinski definition) is 5. The van der Waals surface area contributed by atoms with Gasteiger partial charge in [-0.05, 0) is 28.8 Å². The summed E-state index contributed by atoms with van der Waals surface area (Å²) in [5.41, 5.74) is 11.8. The molecule has 164 valence electrons. The molecule has 6 nitrogen and oxygen atoms in total. The molecule has 1 aromatic heterocycles. The highest BCUT2D eigenvalue weighted by Gasteiger charge is 2.32. The highest BCUT2D eigenvalue weighted by atomic mass is 16.7. The summed E-state index contributed by atoms with van der Waals surface area (Å²) in [4.78, 5) is 4.52. The summed E-state index contributed by atoms with van der Waals surface area (Å²) < 4.78 is 15.0. The summed E-state index contributed by atoms with van der Waals surface area (Å²) in [6.45, 7) is 1.22. The van der Waals surface area contributed by atoms with Gasteiger partial charge in [0, 0.05) is 18.5 Å². The minimum atomic E-state index is -0.474. The molecule has 3 N–H and O–H groups in total. The van der Waals surface area contributed by atoms with Gasteiger partial charge in [-0.2, -0.15) is 0 Å². The van der Waals surface area contributed by atoms with Gasteiger partial charge in [-0.1, -0.05) is 60.7 Å². The van der Waals surface area contributed by atoms with E-state index >= 15 is 0 Å². The van der Waals surface area contributed by atoms with E-state index < -0.39 is 6.29 Å². The molecular weight excluding hydrogens is 402 g/mol. The molecule has 0 spiro atoms. The Bertz CT molecular complexity index is 1120. The number of aromatic nitrogens is 2. The smallest absolute Gasteiger partial charge is 0.184 e. The van der Waals surface area contributed by atoms with Crippen molar-refractivity contribution in [2.45, 2.75) is 44.6 Å². The fourth-order valence-electron chi connectivity index (χ4n) is 4.22. The number of nitrogens with two attached hydrogens (primary N) is 1. The fraction of sp³-hybridized carbons (Fsp3) is 0.269. The first-order valence-corrected chi connectivity index (χ1v) is 10.9. The van der Waals surface area contributed by atoms with Crippen LogP contribution in [0.15, 0.2) is 79.1 Å². The molecule has 0 aliphatic carbocycles. The van der Waals surface area contributed by atoms with E-state index in [-0.39, 0.29) is 18.8 Å². The topological polar surface area (TPSA) is 82.5 Å². The van der Waals surface area contributed by atoms with Crippen LogP contribution in [0.25, 0.3) is 11.0 Å². The normalized spacial score (nSPS) is 21.1. The van der Waals surface area contributed by atoms with Crippen LogP contribution >= 0.6 is 0 Å². The lowest BCUT2D eigenvalue weighted by Gasteiger charge is -2.36. The van der Waals surface area contributed by atoms with Crippen LogP contribution in [0.3, 0.4) is 0 Å². The number of nitrogens with zero attached hydrogens (tertiary/aromatic N) is 2. The van der Waals surface area contributed by atoms with Crippen LogP contribution in [0.2, 0.25) is 0 Å². The number of aliphatic hydroxyl groups is 1. The quantitative estimate of drug-likeness (QED) is 0.479. The first kappa shape index (κ1) is 20.8. The van der Waals surface area contributed by atoms with Crippen molar-refractivity contribution >= 4 is 11.0 Å². The largest absolute Gasteiger partial charge is 0.392 e. The van der Waals surface area contributed by atoms with Gasteiger partial charge >= 0.3 is 0 Å². The summed E-state index contributed by atoms with van der Waals surface area (Å²) in [5.74, 6) is 0. The molecule has 3 unspecified atom stereocenters. The maximum absolute atomic E-state index is 9.38. The predicted octanol–water partition coefficient (Wildman–Crippen LogP) is 4.23. The van der Waals surface area contributed by atoms with E-state index in [1.807, 2.05) is 73.1 Å². The van der Waals surface area contributed by atoms with Crippen LogP contribution in [0.1, 0.15) is 41.1 Å². The predicted molar refractivity (Wildman–Crippen MR) is 122 cm³/mol. The van der Waals surface area contributed by atoms with Crippen molar-refractivity contribution < 1.29 is 14.6 Å². The van der Waals surface area contributed by atoms with Crippen LogP contribution in [0.5, 0.6) is 0 Å². The molecule has 0 radical (unpaired) electrons. The first-order chi connectivity index (χ1) is 15.7. The van der Waals surface area contributed by atoms with Gasteiger partial charge in [0.1, 0.15) is 0 Å². The Hall–Kier alpha value is -3.03. The van der Waals surface area contributed by atoms with E-state index in [0.717, 1.165) is 39.7 Å². The van der Waals surface area contributed by atoms with Crippen LogP contribution in [-0.4, -0.2) is 20.8 Å². The van der Waals surface area contributed by atoms with Gasteiger partial charge in [0.15, 0.2) is 6.29 Å². The maximum Gasteiger partial charge on any atom is 0.184 e. The Labute approximate surface area is 187 Å². The Kier molecular flexibility index (Phi) is 6.01. The second-order valence-electron chi connectivity index (χ2n) is 8.18. The molecule has 0 amide bonds. The molecule has 6 heteroatoms. The number of rotatable bonds is 6. The van der Waals surface area contributed by atoms with Crippen molar-refractivity contribution in [2.24, 2.45) is 5.73 Å². The standard InChI is InChI=1S/C26H27N3O3/c27-14-18-5-11-21(12-6-18)26-31-22(15-29-17-28-23-3-1-2-4-24(23)29)13-25(32-26)20-9-7-19(16-30)8-10-20/h1-12,17,22,25-26,30H,13-16,27H2. The van der Waals surface area contributed by atoms with Gasteiger partial charge in [-0.25, -0.2) is 4.98 Å². The molecule has 2 heterocycles. The summed E-state index contributed by atoms with van der Waals surface area (Å²) >= 11 is 0. The van der Waals surface area contributed by atoms with Crippen LogP contribution in [0, 0.1) is 0 Å². The number of aliphatic hydroxyl groups excluding tert-OH is 1. The average molecular weight is 430 g/mol. The van der Waals surface area contributed by atoms with E-state index in [0.29, 0.717) is 13.1 Å². The number of para-hydroxylation sites is 2. The molecule has 3 atom stereocenters. The summed E-state index contributed by atoms with van der Waals surface area (Å²) in [6, 6.07) is 24.1. The van der Waals surface area contributed by atoms with Crippen LogP contribution in [-0.2, 0) is 29.2 Å². The summed E-state index contributed by atoms with van der Waals surface area (Å²) in [7, 11) is 0. The summed E-state index contributed by atoms with van der Waals surface area (Å²) in [6.07, 6.45) is 1.96. The lowest BCUT2D eigenvalue weighted by molar-refractivity contribution is -0.252. The molecule has 5 rings (SSSR count). The van der Waals surface area contributed by atoms with Gasteiger partial charge in [-0.3, -0.25) is 0 Å². The molecule has 1 fully saturated rings. The number of hydrogen-bond donors (Lipinski definition) is 2. The molecule has 4 aromatic rings. The molecule has 1 saturated heterocycles.